The molecule has 2 N–H and O–H groups in total. The van der Waals surface area contributed by atoms with Gasteiger partial charge >= 0.3 is 0 Å². The van der Waals surface area contributed by atoms with Crippen LogP contribution >= 0.6 is 11.6 Å². The van der Waals surface area contributed by atoms with Crippen LogP contribution in [0.3, 0.4) is 0 Å². The lowest BCUT2D eigenvalue weighted by Crippen LogP contribution is -2.54. The molecule has 1 unspecified atom stereocenters. The van der Waals surface area contributed by atoms with Crippen molar-refractivity contribution in [2.75, 3.05) is 23.3 Å². The van der Waals surface area contributed by atoms with Crippen molar-refractivity contribution in [3.63, 3.8) is 0 Å². The van der Waals surface area contributed by atoms with Gasteiger partial charge in [-0.25, -0.2) is 0 Å². The van der Waals surface area contributed by atoms with Crippen molar-refractivity contribution in [1.29, 1.82) is 5.26 Å². The molecular formula is C33H26ClN7O5. The van der Waals surface area contributed by atoms with E-state index in [0.717, 1.165) is 17.0 Å². The molecule has 3 fully saturated rings. The molecule has 1 aliphatic carbocycles. The SMILES string of the molecule is N#Cc1ccc(NC(=O)C2(n3cc(C#CC4CN(c5ccc6c(c5)C(=O)N(C5CCC(=O)NC5=O)C6=O)C4)cn3)CCC2)cc1Cl. The molecule has 2 saturated heterocycles. The zero-order valence-corrected chi connectivity index (χ0v) is 25.1. The van der Waals surface area contributed by atoms with Crippen LogP contribution in [0.4, 0.5) is 11.4 Å². The quantitative estimate of drug-likeness (QED) is 0.320. The number of rotatable bonds is 5. The molecule has 4 heterocycles. The number of halogens is 1. The topological polar surface area (TPSA) is 158 Å². The number of hydrogen-bond acceptors (Lipinski definition) is 8. The fourth-order valence-corrected chi connectivity index (χ4v) is 6.47. The van der Waals surface area contributed by atoms with Gasteiger partial charge in [0.15, 0.2) is 0 Å². The number of nitrogens with one attached hydrogen (secondary N) is 2. The number of piperidine rings is 1. The highest BCUT2D eigenvalue weighted by Crippen LogP contribution is 2.40. The fourth-order valence-electron chi connectivity index (χ4n) is 6.25. The molecule has 1 aromatic heterocycles. The zero-order valence-electron chi connectivity index (χ0n) is 24.4. The van der Waals surface area contributed by atoms with Crippen molar-refractivity contribution >= 4 is 52.5 Å². The summed E-state index contributed by atoms with van der Waals surface area (Å²) < 4.78 is 1.68. The molecule has 0 radical (unpaired) electrons. The highest BCUT2D eigenvalue weighted by Gasteiger charge is 2.47. The minimum Gasteiger partial charge on any atom is -0.369 e. The van der Waals surface area contributed by atoms with E-state index < -0.39 is 35.2 Å². The van der Waals surface area contributed by atoms with Gasteiger partial charge in [-0.2, -0.15) is 10.4 Å². The summed E-state index contributed by atoms with van der Waals surface area (Å²) in [5.74, 6) is 4.16. The van der Waals surface area contributed by atoms with E-state index in [1.54, 1.807) is 53.5 Å². The second kappa shape index (κ2) is 11.2. The van der Waals surface area contributed by atoms with Gasteiger partial charge in [0.25, 0.3) is 17.7 Å². The first-order valence-corrected chi connectivity index (χ1v) is 15.2. The number of benzene rings is 2. The molecule has 1 saturated carbocycles. The van der Waals surface area contributed by atoms with E-state index in [4.69, 9.17) is 16.9 Å². The van der Waals surface area contributed by atoms with Gasteiger partial charge in [-0.05, 0) is 62.1 Å². The maximum atomic E-state index is 13.3. The first kappa shape index (κ1) is 29.3. The Labute approximate surface area is 268 Å². The Kier molecular flexibility index (Phi) is 7.10. The number of carbonyl (C=O) groups excluding carboxylic acids is 5. The normalized spacial score (nSPS) is 20.1. The first-order chi connectivity index (χ1) is 22.2. The van der Waals surface area contributed by atoms with Crippen LogP contribution in [0.15, 0.2) is 48.8 Å². The molecule has 4 aliphatic rings. The summed E-state index contributed by atoms with van der Waals surface area (Å²) in [7, 11) is 0. The van der Waals surface area contributed by atoms with Crippen molar-refractivity contribution in [2.24, 2.45) is 5.92 Å². The number of hydrogen-bond donors (Lipinski definition) is 2. The van der Waals surface area contributed by atoms with Crippen molar-refractivity contribution in [2.45, 2.75) is 43.7 Å². The van der Waals surface area contributed by atoms with Gasteiger partial charge in [0.2, 0.25) is 11.8 Å². The van der Waals surface area contributed by atoms with Crippen LogP contribution in [0, 0.1) is 29.1 Å². The Hall–Kier alpha value is -5.46. The maximum absolute atomic E-state index is 13.3. The van der Waals surface area contributed by atoms with Gasteiger partial charge in [-0.1, -0.05) is 23.4 Å². The van der Waals surface area contributed by atoms with Crippen molar-refractivity contribution in [1.82, 2.24) is 20.0 Å². The third kappa shape index (κ3) is 4.88. The van der Waals surface area contributed by atoms with Crippen molar-refractivity contribution < 1.29 is 24.0 Å². The van der Waals surface area contributed by atoms with E-state index in [0.29, 0.717) is 42.7 Å². The summed E-state index contributed by atoms with van der Waals surface area (Å²) in [4.78, 5) is 66.3. The minimum absolute atomic E-state index is 0.0657. The fraction of sp³-hybridized carbons (Fsp3) is 0.303. The summed E-state index contributed by atoms with van der Waals surface area (Å²) >= 11 is 6.13. The Balaban J connectivity index is 0.986. The zero-order chi connectivity index (χ0) is 32.2. The second-order valence-corrected chi connectivity index (χ2v) is 12.3. The van der Waals surface area contributed by atoms with Crippen LogP contribution < -0.4 is 15.5 Å². The number of nitrogens with zero attached hydrogens (tertiary/aromatic N) is 5. The summed E-state index contributed by atoms with van der Waals surface area (Å²) in [5, 5.41) is 18.9. The van der Waals surface area contributed by atoms with Gasteiger partial charge in [-0.15, -0.1) is 0 Å². The van der Waals surface area contributed by atoms with Gasteiger partial charge in [0, 0.05) is 37.1 Å². The predicted octanol–water partition coefficient (Wildman–Crippen LogP) is 2.82. The molecule has 230 valence electrons. The standard InChI is InChI=1S/C33H26ClN7O5/c34-26-12-22(5-4-21(26)14-35)37-32(46)33(10-1-11-33)40-18-19(15-36-40)2-3-20-16-39(17-20)23-6-7-24-25(13-23)31(45)41(30(24)44)27-8-9-28(42)38-29(27)43/h4-7,12-13,15,18,20,27H,1,8-11,16-17H2,(H,37,46)(H,38,42,43). The van der Waals surface area contributed by atoms with Crippen LogP contribution in [-0.2, 0) is 19.9 Å². The van der Waals surface area contributed by atoms with Crippen LogP contribution in [-0.4, -0.2) is 63.3 Å². The number of amides is 5. The molecule has 13 heteroatoms. The monoisotopic (exact) mass is 635 g/mol. The Morgan fingerprint density at radius 3 is 2.54 bits per heavy atom. The van der Waals surface area contributed by atoms with Crippen molar-refractivity contribution in [3.8, 4) is 17.9 Å². The van der Waals surface area contributed by atoms with E-state index in [2.05, 4.69) is 32.5 Å². The van der Waals surface area contributed by atoms with Crippen LogP contribution in [0.25, 0.3) is 0 Å². The average Bonchev–Trinajstić information content (AvgIpc) is 3.54. The average molecular weight is 636 g/mol. The molecule has 2 aromatic carbocycles. The molecule has 0 spiro atoms. The molecule has 0 bridgehead atoms. The van der Waals surface area contributed by atoms with Gasteiger partial charge < -0.3 is 10.2 Å². The molecule has 3 aliphatic heterocycles. The third-order valence-electron chi connectivity index (χ3n) is 9.06. The highest BCUT2D eigenvalue weighted by molar-refractivity contribution is 6.32. The number of nitriles is 1. The van der Waals surface area contributed by atoms with Crippen LogP contribution in [0.5, 0.6) is 0 Å². The predicted molar refractivity (Wildman–Crippen MR) is 165 cm³/mol. The lowest BCUT2D eigenvalue weighted by molar-refractivity contribution is -0.136. The Morgan fingerprint density at radius 2 is 1.85 bits per heavy atom. The number of aromatic nitrogens is 2. The first-order valence-electron chi connectivity index (χ1n) is 14.9. The third-order valence-corrected chi connectivity index (χ3v) is 9.38. The van der Waals surface area contributed by atoms with E-state index in [1.807, 2.05) is 6.07 Å². The summed E-state index contributed by atoms with van der Waals surface area (Å²) in [5.41, 5.74) is 1.96. The molecule has 5 amide bonds. The van der Waals surface area contributed by atoms with Gasteiger partial charge in [0.05, 0.1) is 39.4 Å². The smallest absolute Gasteiger partial charge is 0.262 e. The molecule has 46 heavy (non-hydrogen) atoms. The van der Waals surface area contributed by atoms with E-state index in [-0.39, 0.29) is 40.8 Å². The lowest BCUT2D eigenvalue weighted by atomic mass is 9.76. The van der Waals surface area contributed by atoms with Crippen molar-refractivity contribution in [3.05, 3.63) is 76.1 Å². The van der Waals surface area contributed by atoms with Crippen LogP contribution in [0.2, 0.25) is 5.02 Å². The molecular weight excluding hydrogens is 610 g/mol. The number of fused-ring (bicyclic) bond motifs is 1. The highest BCUT2D eigenvalue weighted by atomic mass is 35.5. The van der Waals surface area contributed by atoms with Crippen LogP contribution in [0.1, 0.15) is 63.9 Å². The van der Waals surface area contributed by atoms with E-state index >= 15 is 0 Å². The number of anilines is 2. The summed E-state index contributed by atoms with van der Waals surface area (Å²) in [6.07, 6.45) is 5.76. The summed E-state index contributed by atoms with van der Waals surface area (Å²) in [6, 6.07) is 10.8. The number of imide groups is 2. The molecule has 7 rings (SSSR count). The molecule has 12 nitrogen and oxygen atoms in total. The van der Waals surface area contributed by atoms with E-state index in [1.165, 1.54) is 0 Å². The Morgan fingerprint density at radius 1 is 1.07 bits per heavy atom. The lowest BCUT2D eigenvalue weighted by Gasteiger charge is -2.40. The van der Waals surface area contributed by atoms with Gasteiger partial charge in [0.1, 0.15) is 17.6 Å². The number of carbonyl (C=O) groups is 5. The minimum atomic E-state index is -1.00. The molecule has 3 aromatic rings. The Bertz CT molecular complexity index is 1960. The van der Waals surface area contributed by atoms with Gasteiger partial charge in [-0.3, -0.25) is 38.9 Å². The molecule has 1 atom stereocenters. The maximum Gasteiger partial charge on any atom is 0.262 e. The second-order valence-electron chi connectivity index (χ2n) is 11.9. The van der Waals surface area contributed by atoms with E-state index in [9.17, 15) is 24.0 Å². The largest absolute Gasteiger partial charge is 0.369 e. The summed E-state index contributed by atoms with van der Waals surface area (Å²) in [6.45, 7) is 1.25.